The number of ether oxygens (including phenoxy) is 4. The number of nitrogens with zero attached hydrogens (tertiary/aromatic N) is 2. The van der Waals surface area contributed by atoms with Crippen LogP contribution in [0.25, 0.3) is 11.1 Å². The second-order valence-corrected chi connectivity index (χ2v) is 7.14. The number of hydrogen-bond donors (Lipinski definition) is 0. The van der Waals surface area contributed by atoms with Gasteiger partial charge >= 0.3 is 5.97 Å². The Bertz CT molecular complexity index is 1330. The zero-order chi connectivity index (χ0) is 26.1. The van der Waals surface area contributed by atoms with Crippen LogP contribution in [0.4, 0.5) is 13.2 Å². The third-order valence-corrected chi connectivity index (χ3v) is 4.92. The summed E-state index contributed by atoms with van der Waals surface area (Å²) in [5.74, 6) is -7.66. The van der Waals surface area contributed by atoms with Gasteiger partial charge in [0.05, 0.1) is 19.8 Å². The van der Waals surface area contributed by atoms with Crippen LogP contribution >= 0.6 is 0 Å². The molecule has 184 valence electrons. The topological polar surface area (TPSA) is 102 Å². The van der Waals surface area contributed by atoms with Crippen molar-refractivity contribution >= 4 is 5.97 Å². The van der Waals surface area contributed by atoms with E-state index in [2.05, 4.69) is 0 Å². The van der Waals surface area contributed by atoms with Gasteiger partial charge in [0.1, 0.15) is 41.2 Å². The molecule has 0 saturated carbocycles. The summed E-state index contributed by atoms with van der Waals surface area (Å²) in [7, 11) is 1.51. The largest absolute Gasteiger partial charge is 0.460 e. The van der Waals surface area contributed by atoms with Crippen LogP contribution in [0.1, 0.15) is 21.5 Å². The summed E-state index contributed by atoms with van der Waals surface area (Å²) in [6.07, 6.45) is 0. The smallest absolute Gasteiger partial charge is 0.342 e. The van der Waals surface area contributed by atoms with Crippen LogP contribution in [0, 0.1) is 40.1 Å². The lowest BCUT2D eigenvalue weighted by molar-refractivity contribution is 0.0212. The number of carbonyl (C=O) groups excluding carboxylic acids is 1. The highest BCUT2D eigenvalue weighted by Crippen LogP contribution is 2.40. The summed E-state index contributed by atoms with van der Waals surface area (Å²) in [5.41, 5.74) is -1.58. The van der Waals surface area contributed by atoms with Gasteiger partial charge in [0.15, 0.2) is 11.6 Å². The highest BCUT2D eigenvalue weighted by molar-refractivity contribution is 5.96. The summed E-state index contributed by atoms with van der Waals surface area (Å²) >= 11 is 0. The Morgan fingerprint density at radius 2 is 1.47 bits per heavy atom. The predicted octanol–water partition coefficient (Wildman–Crippen LogP) is 5.13. The van der Waals surface area contributed by atoms with Gasteiger partial charge in [-0.05, 0) is 11.6 Å². The van der Waals surface area contributed by atoms with Crippen molar-refractivity contribution < 1.29 is 36.9 Å². The first-order valence-electron chi connectivity index (χ1n) is 10.5. The van der Waals surface area contributed by atoms with Crippen LogP contribution in [0.2, 0.25) is 0 Å². The molecule has 0 atom stereocenters. The Hall–Kier alpha value is -4.38. The number of methoxy groups -OCH3 is 1. The van der Waals surface area contributed by atoms with Gasteiger partial charge in [-0.3, -0.25) is 0 Å². The highest BCUT2D eigenvalue weighted by atomic mass is 19.2. The van der Waals surface area contributed by atoms with Crippen LogP contribution in [0.3, 0.4) is 0 Å². The van der Waals surface area contributed by atoms with E-state index in [4.69, 9.17) is 24.2 Å². The van der Waals surface area contributed by atoms with Crippen molar-refractivity contribution in [1.29, 1.82) is 10.5 Å². The molecule has 0 bridgehead atoms. The van der Waals surface area contributed by atoms with E-state index in [1.165, 1.54) is 37.4 Å². The SMILES string of the molecule is COCCOCCOC(=O)c1cccc(-c2ccccc2)c1Oc1c(F)c(F)c(C#N)c(C#N)c1F. The summed E-state index contributed by atoms with van der Waals surface area (Å²) in [6, 6.07) is 15.4. The van der Waals surface area contributed by atoms with Gasteiger partial charge in [0.25, 0.3) is 0 Å². The molecule has 7 nitrogen and oxygen atoms in total. The van der Waals surface area contributed by atoms with Crippen molar-refractivity contribution in [3.05, 3.63) is 82.7 Å². The summed E-state index contributed by atoms with van der Waals surface area (Å²) in [5, 5.41) is 18.2. The minimum atomic E-state index is -1.82. The Morgan fingerprint density at radius 3 is 2.14 bits per heavy atom. The molecule has 0 fully saturated rings. The number of halogens is 3. The van der Waals surface area contributed by atoms with Crippen LogP contribution in [-0.4, -0.2) is 39.5 Å². The molecule has 0 spiro atoms. The Kier molecular flexibility index (Phi) is 9.01. The molecule has 0 amide bonds. The minimum Gasteiger partial charge on any atom is -0.460 e. The number of esters is 1. The first-order valence-corrected chi connectivity index (χ1v) is 10.5. The third-order valence-electron chi connectivity index (χ3n) is 4.92. The maximum absolute atomic E-state index is 15.0. The van der Waals surface area contributed by atoms with E-state index in [1.807, 2.05) is 0 Å². The van der Waals surface area contributed by atoms with E-state index in [-0.39, 0.29) is 36.7 Å². The van der Waals surface area contributed by atoms with Crippen molar-refractivity contribution in [2.24, 2.45) is 0 Å². The number of nitriles is 2. The van der Waals surface area contributed by atoms with E-state index >= 15 is 4.39 Å². The van der Waals surface area contributed by atoms with Crippen LogP contribution < -0.4 is 4.74 Å². The molecular weight excluding hydrogens is 477 g/mol. The second kappa shape index (κ2) is 12.4. The number of rotatable bonds is 10. The third kappa shape index (κ3) is 5.63. The highest BCUT2D eigenvalue weighted by Gasteiger charge is 2.29. The van der Waals surface area contributed by atoms with Crippen molar-refractivity contribution in [2.75, 3.05) is 33.5 Å². The zero-order valence-electron chi connectivity index (χ0n) is 19.0. The quantitative estimate of drug-likeness (QED) is 0.218. The average Bonchev–Trinajstić information content (AvgIpc) is 2.90. The maximum Gasteiger partial charge on any atom is 0.342 e. The first kappa shape index (κ1) is 26.2. The van der Waals surface area contributed by atoms with Gasteiger partial charge in [-0.2, -0.15) is 14.9 Å². The molecule has 0 aliphatic heterocycles. The van der Waals surface area contributed by atoms with Crippen LogP contribution in [0.5, 0.6) is 11.5 Å². The molecule has 0 aliphatic rings. The molecule has 3 aromatic carbocycles. The van der Waals surface area contributed by atoms with Crippen molar-refractivity contribution in [1.82, 2.24) is 0 Å². The molecule has 36 heavy (non-hydrogen) atoms. The van der Waals surface area contributed by atoms with Crippen LogP contribution in [-0.2, 0) is 14.2 Å². The number of carbonyl (C=O) groups is 1. The average molecular weight is 496 g/mol. The van der Waals surface area contributed by atoms with Gasteiger partial charge < -0.3 is 18.9 Å². The fourth-order valence-electron chi connectivity index (χ4n) is 3.21. The minimum absolute atomic E-state index is 0.0687. The summed E-state index contributed by atoms with van der Waals surface area (Å²) in [6.45, 7) is 0.577. The van der Waals surface area contributed by atoms with Gasteiger partial charge in [0.2, 0.25) is 11.6 Å². The second-order valence-electron chi connectivity index (χ2n) is 7.14. The number of hydrogen-bond acceptors (Lipinski definition) is 7. The van der Waals surface area contributed by atoms with Crippen LogP contribution in [0.15, 0.2) is 48.5 Å². The van der Waals surface area contributed by atoms with E-state index < -0.39 is 40.3 Å². The van der Waals surface area contributed by atoms with Crippen molar-refractivity contribution in [2.45, 2.75) is 0 Å². The zero-order valence-corrected chi connectivity index (χ0v) is 19.0. The van der Waals surface area contributed by atoms with E-state index in [0.29, 0.717) is 12.2 Å². The lowest BCUT2D eigenvalue weighted by atomic mass is 10.0. The molecule has 0 unspecified atom stereocenters. The molecule has 0 aromatic heterocycles. The number of para-hydroxylation sites is 1. The van der Waals surface area contributed by atoms with Gasteiger partial charge in [-0.15, -0.1) is 0 Å². The molecule has 3 aromatic rings. The first-order chi connectivity index (χ1) is 17.4. The lowest BCUT2D eigenvalue weighted by Gasteiger charge is -2.17. The van der Waals surface area contributed by atoms with Gasteiger partial charge in [0, 0.05) is 12.7 Å². The normalized spacial score (nSPS) is 10.4. The molecule has 10 heteroatoms. The van der Waals surface area contributed by atoms with E-state index in [0.717, 1.165) is 0 Å². The lowest BCUT2D eigenvalue weighted by Crippen LogP contribution is -2.14. The molecule has 0 radical (unpaired) electrons. The van der Waals surface area contributed by atoms with E-state index in [9.17, 15) is 18.8 Å². The monoisotopic (exact) mass is 496 g/mol. The molecule has 0 aliphatic carbocycles. The molecular formula is C26H19F3N2O5. The molecule has 0 N–H and O–H groups in total. The molecule has 0 saturated heterocycles. The molecule has 3 rings (SSSR count). The number of benzene rings is 3. The fraction of sp³-hybridized carbons (Fsp3) is 0.192. The van der Waals surface area contributed by atoms with Gasteiger partial charge in [-0.1, -0.05) is 42.5 Å². The predicted molar refractivity (Wildman–Crippen MR) is 121 cm³/mol. The van der Waals surface area contributed by atoms with Crippen molar-refractivity contribution in [3.63, 3.8) is 0 Å². The van der Waals surface area contributed by atoms with Gasteiger partial charge in [-0.25, -0.2) is 13.6 Å². The molecule has 0 heterocycles. The summed E-state index contributed by atoms with van der Waals surface area (Å²) < 4.78 is 65.0. The Morgan fingerprint density at radius 1 is 0.806 bits per heavy atom. The maximum atomic E-state index is 15.0. The fourth-order valence-corrected chi connectivity index (χ4v) is 3.21. The standard InChI is InChI=1S/C26H19F3N2O5/c1-33-10-11-34-12-13-35-26(32)18-9-5-8-17(16-6-3-2-4-7-16)24(18)36-25-22(28)20(15-31)19(14-30)21(27)23(25)29/h2-9H,10-13H2,1H3. The van der Waals surface area contributed by atoms with Crippen molar-refractivity contribution in [3.8, 4) is 34.8 Å². The van der Waals surface area contributed by atoms with E-state index in [1.54, 1.807) is 30.3 Å². The Balaban J connectivity index is 2.06. The Labute approximate surface area is 204 Å². The summed E-state index contributed by atoms with van der Waals surface area (Å²) in [4.78, 5) is 12.8.